The van der Waals surface area contributed by atoms with E-state index in [4.69, 9.17) is 19.5 Å². The van der Waals surface area contributed by atoms with Gasteiger partial charge in [-0.3, -0.25) is 10.1 Å². The molecule has 2 aromatic rings. The Kier molecular flexibility index (Phi) is 6.34. The fourth-order valence-electron chi connectivity index (χ4n) is 2.66. The van der Waals surface area contributed by atoms with Crippen LogP contribution in [0, 0.1) is 21.4 Å². The molecule has 1 heterocycles. The molecular formula is C20H15N3O6S. The summed E-state index contributed by atoms with van der Waals surface area (Å²) in [7, 11) is 1.46. The predicted molar refractivity (Wildman–Crippen MR) is 110 cm³/mol. The van der Waals surface area contributed by atoms with Crippen LogP contribution in [0.15, 0.2) is 52.0 Å². The van der Waals surface area contributed by atoms with Gasteiger partial charge in [-0.2, -0.15) is 5.26 Å². The van der Waals surface area contributed by atoms with Gasteiger partial charge in [0.15, 0.2) is 23.8 Å². The molecule has 0 bridgehead atoms. The third-order valence-electron chi connectivity index (χ3n) is 4.03. The second-order valence-electron chi connectivity index (χ2n) is 5.84. The number of nitro benzene ring substituents is 1. The Morgan fingerprint density at radius 2 is 2.10 bits per heavy atom. The number of nitro groups is 1. The van der Waals surface area contributed by atoms with Crippen molar-refractivity contribution in [1.29, 1.82) is 5.26 Å². The summed E-state index contributed by atoms with van der Waals surface area (Å²) in [4.78, 5) is 27.7. The van der Waals surface area contributed by atoms with Crippen LogP contribution in [-0.4, -0.2) is 36.8 Å². The van der Waals surface area contributed by atoms with Crippen molar-refractivity contribution in [3.8, 4) is 17.6 Å². The van der Waals surface area contributed by atoms with Crippen molar-refractivity contribution in [2.45, 2.75) is 4.90 Å². The molecule has 0 saturated heterocycles. The number of nitrogens with zero attached hydrogens (tertiary/aromatic N) is 3. The van der Waals surface area contributed by atoms with Crippen LogP contribution < -0.4 is 9.47 Å². The summed E-state index contributed by atoms with van der Waals surface area (Å²) in [6.07, 6.45) is 3.23. The van der Waals surface area contributed by atoms with Gasteiger partial charge in [0.2, 0.25) is 5.90 Å². The first-order valence-corrected chi connectivity index (χ1v) is 9.72. The molecule has 2 aromatic carbocycles. The highest BCUT2D eigenvalue weighted by Crippen LogP contribution is 2.31. The highest BCUT2D eigenvalue weighted by atomic mass is 32.2. The molecule has 0 aliphatic carbocycles. The largest absolute Gasteiger partial charge is 0.493 e. The number of hydrogen-bond acceptors (Lipinski definition) is 9. The first-order chi connectivity index (χ1) is 14.5. The maximum absolute atomic E-state index is 12.2. The topological polar surface area (TPSA) is 124 Å². The van der Waals surface area contributed by atoms with Crippen LogP contribution in [0.2, 0.25) is 0 Å². The van der Waals surface area contributed by atoms with Crippen LogP contribution in [0.25, 0.3) is 6.08 Å². The normalized spacial score (nSPS) is 14.1. The number of carbonyl (C=O) groups excluding carboxylic acids is 1. The zero-order valence-electron chi connectivity index (χ0n) is 15.9. The van der Waals surface area contributed by atoms with Gasteiger partial charge in [0.25, 0.3) is 5.69 Å². The fourth-order valence-corrected chi connectivity index (χ4v) is 3.21. The zero-order chi connectivity index (χ0) is 21.7. The van der Waals surface area contributed by atoms with Gasteiger partial charge < -0.3 is 14.2 Å². The van der Waals surface area contributed by atoms with Crippen LogP contribution >= 0.6 is 11.8 Å². The third-order valence-corrected chi connectivity index (χ3v) is 4.81. The second-order valence-corrected chi connectivity index (χ2v) is 6.68. The molecule has 1 aliphatic rings. The number of nitriles is 1. The summed E-state index contributed by atoms with van der Waals surface area (Å²) >= 11 is 1.25. The quantitative estimate of drug-likeness (QED) is 0.217. The Labute approximate surface area is 175 Å². The van der Waals surface area contributed by atoms with Crippen molar-refractivity contribution >= 4 is 35.4 Å². The molecular weight excluding hydrogens is 410 g/mol. The van der Waals surface area contributed by atoms with E-state index in [1.54, 1.807) is 36.6 Å². The first kappa shape index (κ1) is 20.9. The zero-order valence-corrected chi connectivity index (χ0v) is 16.8. The van der Waals surface area contributed by atoms with Gasteiger partial charge in [0.1, 0.15) is 6.07 Å². The molecule has 0 fully saturated rings. The number of esters is 1. The number of thioether (sulfide) groups is 1. The highest BCUT2D eigenvalue weighted by molar-refractivity contribution is 7.98. The predicted octanol–water partition coefficient (Wildman–Crippen LogP) is 3.57. The van der Waals surface area contributed by atoms with Crippen LogP contribution in [0.4, 0.5) is 5.69 Å². The standard InChI is InChI=1S/C20H15N3O6S/c1-27-17-10-12(3-5-16(17)28-8-7-21)9-14-20(24)29-19(22-14)13-4-6-18(30-2)15(11-13)23(25)26/h3-6,9-11H,8H2,1-2H3/b14-9+. The molecule has 0 N–H and O–H groups in total. The van der Waals surface area contributed by atoms with Gasteiger partial charge in [0, 0.05) is 11.6 Å². The molecule has 0 unspecified atom stereocenters. The molecule has 3 rings (SSSR count). The van der Waals surface area contributed by atoms with Gasteiger partial charge in [-0.05, 0) is 42.2 Å². The number of cyclic esters (lactones) is 1. The molecule has 9 nitrogen and oxygen atoms in total. The Hall–Kier alpha value is -3.84. The number of ether oxygens (including phenoxy) is 3. The maximum Gasteiger partial charge on any atom is 0.363 e. The number of aliphatic imine (C=N–C) groups is 1. The molecule has 152 valence electrons. The lowest BCUT2D eigenvalue weighted by Gasteiger charge is -2.08. The summed E-state index contributed by atoms with van der Waals surface area (Å²) < 4.78 is 15.7. The summed E-state index contributed by atoms with van der Waals surface area (Å²) in [6, 6.07) is 11.3. The van der Waals surface area contributed by atoms with Gasteiger partial charge in [-0.25, -0.2) is 9.79 Å². The monoisotopic (exact) mass is 425 g/mol. The molecule has 0 spiro atoms. The summed E-state index contributed by atoms with van der Waals surface area (Å²) in [5, 5.41) is 19.9. The van der Waals surface area contributed by atoms with E-state index in [1.807, 2.05) is 6.07 Å². The minimum absolute atomic E-state index is 0.0112. The molecule has 0 amide bonds. The lowest BCUT2D eigenvalue weighted by Crippen LogP contribution is -2.06. The van der Waals surface area contributed by atoms with E-state index in [9.17, 15) is 14.9 Å². The SMILES string of the molecule is COc1cc(/C=C2/N=C(c3ccc(SC)c([N+](=O)[O-])c3)OC2=O)ccc1OCC#N. The van der Waals surface area contributed by atoms with E-state index in [1.165, 1.54) is 31.0 Å². The van der Waals surface area contributed by atoms with Gasteiger partial charge in [-0.15, -0.1) is 11.8 Å². The summed E-state index contributed by atoms with van der Waals surface area (Å²) in [5.74, 6) is 0.0901. The fraction of sp³-hybridized carbons (Fsp3) is 0.150. The Morgan fingerprint density at radius 3 is 2.77 bits per heavy atom. The van der Waals surface area contributed by atoms with E-state index < -0.39 is 10.9 Å². The van der Waals surface area contributed by atoms with E-state index in [0.29, 0.717) is 27.5 Å². The first-order valence-electron chi connectivity index (χ1n) is 8.50. The Bertz CT molecular complexity index is 1120. The number of hydrogen-bond donors (Lipinski definition) is 0. The number of rotatable bonds is 7. The highest BCUT2D eigenvalue weighted by Gasteiger charge is 2.26. The lowest BCUT2D eigenvalue weighted by molar-refractivity contribution is -0.387. The van der Waals surface area contributed by atoms with Crippen molar-refractivity contribution in [1.82, 2.24) is 0 Å². The molecule has 1 aliphatic heterocycles. The van der Waals surface area contributed by atoms with E-state index in [-0.39, 0.29) is 23.9 Å². The average Bonchev–Trinajstić information content (AvgIpc) is 3.12. The van der Waals surface area contributed by atoms with Crippen molar-refractivity contribution in [3.63, 3.8) is 0 Å². The molecule has 0 saturated carbocycles. The average molecular weight is 425 g/mol. The van der Waals surface area contributed by atoms with Crippen molar-refractivity contribution in [3.05, 3.63) is 63.3 Å². The number of carbonyl (C=O) groups is 1. The van der Waals surface area contributed by atoms with E-state index >= 15 is 0 Å². The number of benzene rings is 2. The van der Waals surface area contributed by atoms with Crippen molar-refractivity contribution in [2.75, 3.05) is 20.0 Å². The van der Waals surface area contributed by atoms with Gasteiger partial charge in [-0.1, -0.05) is 6.07 Å². The van der Waals surface area contributed by atoms with Gasteiger partial charge >= 0.3 is 5.97 Å². The van der Waals surface area contributed by atoms with Crippen LogP contribution in [-0.2, 0) is 9.53 Å². The third kappa shape index (κ3) is 4.42. The van der Waals surface area contributed by atoms with Crippen LogP contribution in [0.1, 0.15) is 11.1 Å². The number of methoxy groups -OCH3 is 1. The van der Waals surface area contributed by atoms with Crippen molar-refractivity contribution in [2.24, 2.45) is 4.99 Å². The smallest absolute Gasteiger partial charge is 0.363 e. The van der Waals surface area contributed by atoms with E-state index in [2.05, 4.69) is 4.99 Å². The Morgan fingerprint density at radius 1 is 1.30 bits per heavy atom. The minimum Gasteiger partial charge on any atom is -0.493 e. The second kappa shape index (κ2) is 9.11. The molecule has 0 radical (unpaired) electrons. The van der Waals surface area contributed by atoms with Crippen molar-refractivity contribution < 1.29 is 23.9 Å². The molecule has 0 aromatic heterocycles. The van der Waals surface area contributed by atoms with E-state index in [0.717, 1.165) is 0 Å². The summed E-state index contributed by atoms with van der Waals surface area (Å²) in [5.41, 5.74) is 0.870. The van der Waals surface area contributed by atoms with Gasteiger partial charge in [0.05, 0.1) is 16.9 Å². The minimum atomic E-state index is -0.676. The molecule has 30 heavy (non-hydrogen) atoms. The summed E-state index contributed by atoms with van der Waals surface area (Å²) in [6.45, 7) is -0.127. The maximum atomic E-state index is 12.2. The van der Waals surface area contributed by atoms with Crippen LogP contribution in [0.3, 0.4) is 0 Å². The lowest BCUT2D eigenvalue weighted by atomic mass is 10.1. The molecule has 10 heteroatoms. The molecule has 0 atom stereocenters. The Balaban J connectivity index is 1.92. The van der Waals surface area contributed by atoms with Crippen LogP contribution in [0.5, 0.6) is 11.5 Å².